The molecule has 0 aliphatic rings. The van der Waals surface area contributed by atoms with E-state index in [4.69, 9.17) is 4.42 Å². The average molecular weight is 323 g/mol. The molecule has 92 valence electrons. The Bertz CT molecular complexity index is 662. The van der Waals surface area contributed by atoms with Gasteiger partial charge in [0.15, 0.2) is 11.4 Å². The molecule has 0 spiro atoms. The third kappa shape index (κ3) is 3.05. The molecule has 7 heteroatoms. The molecule has 4 nitrogen and oxygen atoms in total. The van der Waals surface area contributed by atoms with Gasteiger partial charge in [-0.05, 0) is 18.2 Å². The van der Waals surface area contributed by atoms with E-state index in [1.54, 1.807) is 6.07 Å². The fourth-order valence-electron chi connectivity index (χ4n) is 1.37. The third-order valence-corrected chi connectivity index (χ3v) is 3.01. The van der Waals surface area contributed by atoms with Crippen molar-refractivity contribution in [2.45, 2.75) is 6.61 Å². The Labute approximate surface area is 106 Å². The van der Waals surface area contributed by atoms with Gasteiger partial charge in [0.2, 0.25) is 0 Å². The lowest BCUT2D eigenvalue weighted by Gasteiger charge is -1.96. The van der Waals surface area contributed by atoms with E-state index >= 15 is 0 Å². The van der Waals surface area contributed by atoms with Gasteiger partial charge >= 0.3 is 0 Å². The number of halogens is 2. The van der Waals surface area contributed by atoms with Crippen molar-refractivity contribution in [3.05, 3.63) is 34.2 Å². The number of fused-ring (bicyclic) bond motifs is 1. The van der Waals surface area contributed by atoms with Gasteiger partial charge in [-0.15, -0.1) is 0 Å². The number of hydrogen-bond donors (Lipinski definition) is 0. The summed E-state index contributed by atoms with van der Waals surface area (Å²) >= 11 is 3.15. The van der Waals surface area contributed by atoms with E-state index in [2.05, 4.69) is 20.1 Å². The Hall–Kier alpha value is -0.920. The van der Waals surface area contributed by atoms with Crippen LogP contribution in [0.4, 0.5) is 4.39 Å². The predicted octanol–water partition coefficient (Wildman–Crippen LogP) is 2.81. The monoisotopic (exact) mass is 322 g/mol. The first-order valence-electron chi connectivity index (χ1n) is 4.57. The molecule has 0 unspecified atom stereocenters. The van der Waals surface area contributed by atoms with E-state index in [9.17, 15) is 12.8 Å². The minimum atomic E-state index is -3.54. The molecular weight excluding hydrogens is 315 g/mol. The smallest absolute Gasteiger partial charge is 0.264 e. The fourth-order valence-corrected chi connectivity index (χ4v) is 2.14. The summed E-state index contributed by atoms with van der Waals surface area (Å²) in [4.78, 5) is 0. The summed E-state index contributed by atoms with van der Waals surface area (Å²) in [6.45, 7) is -0.245. The van der Waals surface area contributed by atoms with Crippen LogP contribution in [-0.4, -0.2) is 14.7 Å². The van der Waals surface area contributed by atoms with Crippen molar-refractivity contribution in [1.29, 1.82) is 0 Å². The number of hydrogen-bond acceptors (Lipinski definition) is 4. The molecule has 0 aliphatic heterocycles. The van der Waals surface area contributed by atoms with Crippen molar-refractivity contribution in [3.63, 3.8) is 0 Å². The van der Waals surface area contributed by atoms with Crippen molar-refractivity contribution in [2.24, 2.45) is 0 Å². The zero-order valence-corrected chi connectivity index (χ0v) is 11.1. The SMILES string of the molecule is CS(=O)(=O)OCc1cc2cc(Br)cc(F)c2o1. The van der Waals surface area contributed by atoms with E-state index < -0.39 is 15.9 Å². The molecule has 2 rings (SSSR count). The molecule has 1 aromatic heterocycles. The van der Waals surface area contributed by atoms with Crippen LogP contribution in [0.1, 0.15) is 5.76 Å². The van der Waals surface area contributed by atoms with Crippen LogP contribution in [0, 0.1) is 5.82 Å². The standard InChI is InChI=1S/C10H8BrFO4S/c1-17(13,14)15-5-8-3-6-2-7(11)4-9(12)10(6)16-8/h2-4H,5H2,1H3. The van der Waals surface area contributed by atoms with Gasteiger partial charge in [-0.3, -0.25) is 4.18 Å². The van der Waals surface area contributed by atoms with Gasteiger partial charge in [-0.2, -0.15) is 8.42 Å². The molecule has 0 saturated heterocycles. The molecular formula is C10H8BrFO4S. The maximum absolute atomic E-state index is 13.5. The minimum Gasteiger partial charge on any atom is -0.455 e. The zero-order valence-electron chi connectivity index (χ0n) is 8.74. The summed E-state index contributed by atoms with van der Waals surface area (Å²) in [6.07, 6.45) is 0.937. The van der Waals surface area contributed by atoms with Gasteiger partial charge in [0.05, 0.1) is 6.26 Å². The topological polar surface area (TPSA) is 56.5 Å². The molecule has 1 heterocycles. The van der Waals surface area contributed by atoms with Crippen LogP contribution >= 0.6 is 15.9 Å². The van der Waals surface area contributed by atoms with Crippen LogP contribution in [0.5, 0.6) is 0 Å². The van der Waals surface area contributed by atoms with Gasteiger partial charge in [0.25, 0.3) is 10.1 Å². The fraction of sp³-hybridized carbons (Fsp3) is 0.200. The Balaban J connectivity index is 2.35. The van der Waals surface area contributed by atoms with Crippen molar-refractivity contribution >= 4 is 37.0 Å². The van der Waals surface area contributed by atoms with E-state index in [0.717, 1.165) is 6.26 Å². The second-order valence-corrected chi connectivity index (χ2v) is 6.04. The lowest BCUT2D eigenvalue weighted by molar-refractivity contribution is 0.280. The maximum Gasteiger partial charge on any atom is 0.264 e. The zero-order chi connectivity index (χ0) is 12.6. The van der Waals surface area contributed by atoms with Crippen LogP contribution in [0.3, 0.4) is 0 Å². The Morgan fingerprint density at radius 2 is 2.12 bits per heavy atom. The quantitative estimate of drug-likeness (QED) is 0.815. The highest BCUT2D eigenvalue weighted by Gasteiger charge is 2.11. The molecule has 1 aromatic carbocycles. The predicted molar refractivity (Wildman–Crippen MR) is 63.5 cm³/mol. The number of furan rings is 1. The summed E-state index contributed by atoms with van der Waals surface area (Å²) in [5, 5.41) is 0.545. The maximum atomic E-state index is 13.5. The molecule has 0 amide bonds. The van der Waals surface area contributed by atoms with Crippen molar-refractivity contribution in [3.8, 4) is 0 Å². The summed E-state index contributed by atoms with van der Waals surface area (Å²) in [6, 6.07) is 4.48. The van der Waals surface area contributed by atoms with Gasteiger partial charge in [0.1, 0.15) is 12.4 Å². The highest BCUT2D eigenvalue weighted by atomic mass is 79.9. The molecule has 0 fully saturated rings. The molecule has 17 heavy (non-hydrogen) atoms. The van der Waals surface area contributed by atoms with Gasteiger partial charge in [-0.1, -0.05) is 15.9 Å². The van der Waals surface area contributed by atoms with Crippen LogP contribution in [0.2, 0.25) is 0 Å². The van der Waals surface area contributed by atoms with Crippen LogP contribution in [0.15, 0.2) is 27.1 Å². The van der Waals surface area contributed by atoms with E-state index in [0.29, 0.717) is 9.86 Å². The second kappa shape index (κ2) is 4.40. The van der Waals surface area contributed by atoms with E-state index in [1.165, 1.54) is 12.1 Å². The highest BCUT2D eigenvalue weighted by molar-refractivity contribution is 9.10. The largest absolute Gasteiger partial charge is 0.455 e. The van der Waals surface area contributed by atoms with Gasteiger partial charge in [-0.25, -0.2) is 4.39 Å². The Kier molecular flexibility index (Phi) is 3.24. The first kappa shape index (κ1) is 12.5. The highest BCUT2D eigenvalue weighted by Crippen LogP contribution is 2.26. The lowest BCUT2D eigenvalue weighted by atomic mass is 10.2. The molecule has 0 radical (unpaired) electrons. The molecule has 0 saturated carbocycles. The van der Waals surface area contributed by atoms with Crippen LogP contribution in [0.25, 0.3) is 11.0 Å². The Morgan fingerprint density at radius 3 is 2.76 bits per heavy atom. The molecule has 2 aromatic rings. The molecule has 0 aliphatic carbocycles. The van der Waals surface area contributed by atoms with Crippen molar-refractivity contribution in [1.82, 2.24) is 0 Å². The van der Waals surface area contributed by atoms with E-state index in [1.807, 2.05) is 0 Å². The Morgan fingerprint density at radius 1 is 1.41 bits per heavy atom. The second-order valence-electron chi connectivity index (χ2n) is 3.48. The summed E-state index contributed by atoms with van der Waals surface area (Å²) in [5.74, 6) is -0.262. The lowest BCUT2D eigenvalue weighted by Crippen LogP contribution is -2.01. The summed E-state index contributed by atoms with van der Waals surface area (Å²) in [5.41, 5.74) is 0.0836. The molecule has 0 bridgehead atoms. The average Bonchev–Trinajstić information content (AvgIpc) is 2.56. The summed E-state index contributed by atoms with van der Waals surface area (Å²) < 4.78 is 45.3. The molecule has 0 N–H and O–H groups in total. The summed E-state index contributed by atoms with van der Waals surface area (Å²) in [7, 11) is -3.54. The first-order chi connectivity index (χ1) is 7.85. The normalized spacial score (nSPS) is 12.2. The number of rotatable bonds is 3. The first-order valence-corrected chi connectivity index (χ1v) is 7.18. The van der Waals surface area contributed by atoms with Gasteiger partial charge < -0.3 is 4.42 Å². The van der Waals surface area contributed by atoms with E-state index in [-0.39, 0.29) is 18.0 Å². The van der Waals surface area contributed by atoms with Crippen LogP contribution in [-0.2, 0) is 20.9 Å². The molecule has 0 atom stereocenters. The third-order valence-electron chi connectivity index (χ3n) is 2.00. The van der Waals surface area contributed by atoms with Crippen LogP contribution < -0.4 is 0 Å². The van der Waals surface area contributed by atoms with Crippen molar-refractivity contribution in [2.75, 3.05) is 6.26 Å². The minimum absolute atomic E-state index is 0.0836. The van der Waals surface area contributed by atoms with Crippen molar-refractivity contribution < 1.29 is 21.4 Å². The number of benzene rings is 1. The van der Waals surface area contributed by atoms with Gasteiger partial charge in [0, 0.05) is 9.86 Å².